The Bertz CT molecular complexity index is 924. The van der Waals surface area contributed by atoms with E-state index in [1.807, 2.05) is 37.4 Å². The van der Waals surface area contributed by atoms with Crippen LogP contribution < -0.4 is 10.9 Å². The monoisotopic (exact) mass is 433 g/mol. The van der Waals surface area contributed by atoms with Crippen molar-refractivity contribution in [3.63, 3.8) is 0 Å². The van der Waals surface area contributed by atoms with Gasteiger partial charge in [-0.15, -0.1) is 11.8 Å². The largest absolute Gasteiger partial charge is 0.508 e. The molecule has 2 aromatic carbocycles. The lowest BCUT2D eigenvalue weighted by molar-refractivity contribution is -0.131. The van der Waals surface area contributed by atoms with Gasteiger partial charge in [-0.05, 0) is 48.6 Å². The molecule has 4 N–H and O–H groups in total. The van der Waals surface area contributed by atoms with Gasteiger partial charge in [0.05, 0.1) is 18.7 Å². The highest BCUT2D eigenvalue weighted by atomic mass is 35.5. The average molecular weight is 434 g/mol. The number of phenols is 1. The predicted octanol–water partition coefficient (Wildman–Crippen LogP) is 2.79. The first-order valence-electron chi connectivity index (χ1n) is 9.51. The molecule has 0 aliphatic carbocycles. The normalized spacial score (nSPS) is 26.2. The van der Waals surface area contributed by atoms with Crippen LogP contribution in [0, 0.1) is 12.8 Å². The van der Waals surface area contributed by atoms with Gasteiger partial charge in [0.15, 0.2) is 0 Å². The number of thioether (sulfide) groups is 1. The van der Waals surface area contributed by atoms with Crippen LogP contribution in [0.5, 0.6) is 5.75 Å². The van der Waals surface area contributed by atoms with E-state index in [4.69, 9.17) is 11.6 Å². The lowest BCUT2D eigenvalue weighted by Crippen LogP contribution is -2.42. The number of aromatic hydroxyl groups is 1. The van der Waals surface area contributed by atoms with Crippen molar-refractivity contribution < 1.29 is 15.0 Å². The summed E-state index contributed by atoms with van der Waals surface area (Å²) >= 11 is 7.99. The average Bonchev–Trinajstić information content (AvgIpc) is 3.25. The fraction of sp³-hybridized carbons (Fsp3) is 0.381. The molecule has 2 saturated heterocycles. The molecule has 4 unspecified atom stereocenters. The van der Waals surface area contributed by atoms with Crippen LogP contribution in [-0.2, 0) is 4.79 Å². The number of aliphatic hydroxyl groups is 1. The van der Waals surface area contributed by atoms with E-state index in [0.29, 0.717) is 10.6 Å². The number of hydrogen-bond donors (Lipinski definition) is 4. The molecular formula is C21H24ClN3O3S. The van der Waals surface area contributed by atoms with E-state index in [9.17, 15) is 15.0 Å². The molecule has 2 aliphatic rings. The number of hydrogen-bond acceptors (Lipinski definition) is 6. The summed E-state index contributed by atoms with van der Waals surface area (Å²) in [6.07, 6.45) is 2.02. The number of fused-ring (bicyclic) bond motifs is 1. The van der Waals surface area contributed by atoms with E-state index >= 15 is 0 Å². The Morgan fingerprint density at radius 2 is 1.86 bits per heavy atom. The molecule has 0 radical (unpaired) electrons. The van der Waals surface area contributed by atoms with Crippen LogP contribution in [-0.4, -0.2) is 46.5 Å². The molecule has 1 amide bonds. The lowest BCUT2D eigenvalue weighted by atomic mass is 9.83. The molecule has 2 fully saturated rings. The maximum atomic E-state index is 13.1. The van der Waals surface area contributed by atoms with Crippen molar-refractivity contribution in [3.05, 3.63) is 58.1 Å². The Labute approximate surface area is 179 Å². The quantitative estimate of drug-likeness (QED) is 0.543. The summed E-state index contributed by atoms with van der Waals surface area (Å²) in [5, 5.41) is 20.7. The summed E-state index contributed by atoms with van der Waals surface area (Å²) in [7, 11) is 0. The molecule has 6 nitrogen and oxygen atoms in total. The topological polar surface area (TPSA) is 84.8 Å². The molecule has 2 aliphatic heterocycles. The highest BCUT2D eigenvalue weighted by Crippen LogP contribution is 2.49. The van der Waals surface area contributed by atoms with Gasteiger partial charge in [0, 0.05) is 27.9 Å². The van der Waals surface area contributed by atoms with E-state index in [1.54, 1.807) is 28.8 Å². The SMILES string of the molecule is CSc1ccc(C2C3C(NNC3c3cc(Cl)c(C)cc3O)C(=O)N2CCO)cc1. The number of carbonyl (C=O) groups is 1. The minimum absolute atomic E-state index is 0.0595. The lowest BCUT2D eigenvalue weighted by Gasteiger charge is -2.31. The number of nitrogens with zero attached hydrogens (tertiary/aromatic N) is 1. The van der Waals surface area contributed by atoms with Crippen LogP contribution >= 0.6 is 23.4 Å². The van der Waals surface area contributed by atoms with Crippen LogP contribution in [0.3, 0.4) is 0 Å². The summed E-state index contributed by atoms with van der Waals surface area (Å²) in [5.74, 6) is -0.0778. The van der Waals surface area contributed by atoms with Gasteiger partial charge in [0.2, 0.25) is 5.91 Å². The number of amides is 1. The number of phenolic OH excluding ortho intramolecular Hbond substituents is 1. The smallest absolute Gasteiger partial charge is 0.242 e. The van der Waals surface area contributed by atoms with Crippen LogP contribution in [0.25, 0.3) is 0 Å². The van der Waals surface area contributed by atoms with E-state index in [0.717, 1.165) is 16.0 Å². The Morgan fingerprint density at radius 3 is 2.52 bits per heavy atom. The van der Waals surface area contributed by atoms with Gasteiger partial charge in [0.25, 0.3) is 0 Å². The van der Waals surface area contributed by atoms with Crippen molar-refractivity contribution in [2.24, 2.45) is 5.92 Å². The first kappa shape index (κ1) is 20.5. The van der Waals surface area contributed by atoms with Crippen LogP contribution in [0.1, 0.15) is 28.8 Å². The van der Waals surface area contributed by atoms with Gasteiger partial charge in [-0.3, -0.25) is 4.79 Å². The van der Waals surface area contributed by atoms with Crippen molar-refractivity contribution in [1.29, 1.82) is 0 Å². The second-order valence-corrected chi connectivity index (χ2v) is 8.74. The predicted molar refractivity (Wildman–Crippen MR) is 114 cm³/mol. The Morgan fingerprint density at radius 1 is 1.17 bits per heavy atom. The first-order chi connectivity index (χ1) is 14.0. The van der Waals surface area contributed by atoms with Gasteiger partial charge in [-0.1, -0.05) is 23.7 Å². The summed E-state index contributed by atoms with van der Waals surface area (Å²) in [6, 6.07) is 10.6. The molecule has 8 heteroatoms. The van der Waals surface area contributed by atoms with Gasteiger partial charge in [0.1, 0.15) is 11.8 Å². The highest BCUT2D eigenvalue weighted by molar-refractivity contribution is 7.98. The highest BCUT2D eigenvalue weighted by Gasteiger charge is 2.55. The number of rotatable bonds is 5. The second-order valence-electron chi connectivity index (χ2n) is 7.45. The van der Waals surface area contributed by atoms with E-state index in [2.05, 4.69) is 10.9 Å². The molecule has 0 spiro atoms. The molecule has 154 valence electrons. The van der Waals surface area contributed by atoms with Gasteiger partial charge >= 0.3 is 0 Å². The number of aliphatic hydroxyl groups excluding tert-OH is 1. The third kappa shape index (κ3) is 3.51. The molecule has 29 heavy (non-hydrogen) atoms. The zero-order chi connectivity index (χ0) is 20.7. The van der Waals surface area contributed by atoms with Crippen LogP contribution in [0.4, 0.5) is 0 Å². The molecule has 2 aromatic rings. The number of β-amino-alcohol motifs (C(OH)–C–C–N with tert-alkyl or cyclic N) is 1. The molecule has 2 heterocycles. The molecule has 0 aromatic heterocycles. The minimum atomic E-state index is -0.448. The van der Waals surface area contributed by atoms with Crippen molar-refractivity contribution in [2.75, 3.05) is 19.4 Å². The van der Waals surface area contributed by atoms with Crippen molar-refractivity contribution in [3.8, 4) is 5.75 Å². The number of benzene rings is 2. The summed E-state index contributed by atoms with van der Waals surface area (Å²) in [6.45, 7) is 1.99. The van der Waals surface area contributed by atoms with Crippen molar-refractivity contribution in [2.45, 2.75) is 29.9 Å². The third-order valence-electron chi connectivity index (χ3n) is 5.85. The van der Waals surface area contributed by atoms with Crippen molar-refractivity contribution >= 4 is 29.3 Å². The van der Waals surface area contributed by atoms with Gasteiger partial charge in [-0.25, -0.2) is 10.9 Å². The standard InChI is InChI=1S/C21H24ClN3O3S/c1-11-9-16(27)14(10-15(11)22)18-17-19(24-23-18)21(28)25(7-8-26)20(17)12-3-5-13(29-2)6-4-12/h3-6,9-10,17-20,23-24,26-27H,7-8H2,1-2H3. The first-order valence-corrected chi connectivity index (χ1v) is 11.1. The zero-order valence-corrected chi connectivity index (χ0v) is 17.8. The summed E-state index contributed by atoms with van der Waals surface area (Å²) in [4.78, 5) is 16.0. The number of hydrazine groups is 1. The number of likely N-dealkylation sites (tertiary alicyclic amines) is 1. The second kappa shape index (κ2) is 8.16. The Kier molecular flexibility index (Phi) is 5.77. The number of aryl methyl sites for hydroxylation is 1. The van der Waals surface area contributed by atoms with E-state index in [-0.39, 0.29) is 42.8 Å². The Balaban J connectivity index is 1.78. The molecule has 4 atom stereocenters. The summed E-state index contributed by atoms with van der Waals surface area (Å²) < 4.78 is 0. The van der Waals surface area contributed by atoms with E-state index < -0.39 is 6.04 Å². The maximum Gasteiger partial charge on any atom is 0.242 e. The number of nitrogens with one attached hydrogen (secondary N) is 2. The zero-order valence-electron chi connectivity index (χ0n) is 16.2. The fourth-order valence-corrected chi connectivity index (χ4v) is 5.04. The minimum Gasteiger partial charge on any atom is -0.508 e. The number of halogens is 1. The summed E-state index contributed by atoms with van der Waals surface area (Å²) in [5.41, 5.74) is 8.76. The van der Waals surface area contributed by atoms with Gasteiger partial charge < -0.3 is 15.1 Å². The third-order valence-corrected chi connectivity index (χ3v) is 7.01. The number of carbonyl (C=O) groups excluding carboxylic acids is 1. The molecule has 4 rings (SSSR count). The van der Waals surface area contributed by atoms with Crippen molar-refractivity contribution in [1.82, 2.24) is 15.8 Å². The Hall–Kier alpha value is -1.77. The van der Waals surface area contributed by atoms with Gasteiger partial charge in [-0.2, -0.15) is 0 Å². The fourth-order valence-electron chi connectivity index (χ4n) is 4.46. The van der Waals surface area contributed by atoms with Crippen LogP contribution in [0.2, 0.25) is 5.02 Å². The molecular weight excluding hydrogens is 410 g/mol. The molecule has 0 saturated carbocycles. The molecule has 0 bridgehead atoms. The van der Waals surface area contributed by atoms with E-state index in [1.165, 1.54) is 0 Å². The van der Waals surface area contributed by atoms with Crippen LogP contribution in [0.15, 0.2) is 41.3 Å². The maximum absolute atomic E-state index is 13.1.